The molecule has 0 radical (unpaired) electrons. The Morgan fingerprint density at radius 1 is 1.09 bits per heavy atom. The molecule has 14 heteroatoms. The number of carbonyl (C=O) groups excluding carboxylic acids is 1. The van der Waals surface area contributed by atoms with E-state index in [0.29, 0.717) is 29.9 Å². The van der Waals surface area contributed by atoms with Crippen LogP contribution in [0, 0.1) is 0 Å². The number of hydrogen-bond acceptors (Lipinski definition) is 8. The van der Waals surface area contributed by atoms with Crippen LogP contribution in [0.1, 0.15) is 20.8 Å². The third kappa shape index (κ3) is 5.71. The first-order chi connectivity index (χ1) is 16.1. The monoisotopic (exact) mass is 484 g/mol. The molecule has 0 aliphatic heterocycles. The van der Waals surface area contributed by atoms with Crippen LogP contribution < -0.4 is 15.4 Å². The molecule has 0 unspecified atom stereocenters. The molecule has 0 fully saturated rings. The van der Waals surface area contributed by atoms with Crippen molar-refractivity contribution in [3.8, 4) is 11.1 Å². The lowest BCUT2D eigenvalue weighted by Crippen LogP contribution is -2.40. The highest BCUT2D eigenvalue weighted by molar-refractivity contribution is 7.89. The fourth-order valence-corrected chi connectivity index (χ4v) is 4.49. The van der Waals surface area contributed by atoms with Gasteiger partial charge in [-0.1, -0.05) is 0 Å². The van der Waals surface area contributed by atoms with Gasteiger partial charge in [0.15, 0.2) is 5.65 Å². The van der Waals surface area contributed by atoms with Gasteiger partial charge in [0.2, 0.25) is 10.0 Å². The Balaban J connectivity index is 1.47. The zero-order valence-corrected chi connectivity index (χ0v) is 19.6. The summed E-state index contributed by atoms with van der Waals surface area (Å²) in [6, 6.07) is 4.59. The zero-order chi connectivity index (χ0) is 24.3. The van der Waals surface area contributed by atoms with Gasteiger partial charge in [0, 0.05) is 42.8 Å². The predicted octanol–water partition coefficient (Wildman–Crippen LogP) is 1.28. The molecule has 4 aromatic rings. The van der Waals surface area contributed by atoms with Gasteiger partial charge in [0.25, 0.3) is 5.95 Å². The number of carbonyl (C=O) groups is 1. The fraction of sp³-hybridized carbons (Fsp3) is 0.300. The number of hydrogen-bond donors (Lipinski definition) is 3. The van der Waals surface area contributed by atoms with E-state index in [-0.39, 0.29) is 10.8 Å². The van der Waals surface area contributed by atoms with Crippen LogP contribution in [0.4, 0.5) is 10.7 Å². The number of pyridine rings is 2. The molecule has 0 saturated carbocycles. The molecule has 0 saturated heterocycles. The summed E-state index contributed by atoms with van der Waals surface area (Å²) in [6.45, 7) is 6.20. The Kier molecular flexibility index (Phi) is 6.26. The van der Waals surface area contributed by atoms with Gasteiger partial charge in [-0.15, -0.1) is 15.3 Å². The number of sulfonamides is 1. The number of aromatic nitrogens is 7. The van der Waals surface area contributed by atoms with Crippen molar-refractivity contribution in [2.45, 2.75) is 37.8 Å². The number of urea groups is 1. The molecule has 0 aliphatic rings. The largest absolute Gasteiger partial charge is 0.336 e. The number of nitrogens with zero attached hydrogens (tertiary/aromatic N) is 7. The van der Waals surface area contributed by atoms with E-state index in [4.69, 9.17) is 0 Å². The number of anilines is 1. The van der Waals surface area contributed by atoms with Crippen molar-refractivity contribution >= 4 is 27.6 Å². The normalized spacial score (nSPS) is 12.1. The van der Waals surface area contributed by atoms with Crippen molar-refractivity contribution in [3.05, 3.63) is 49.4 Å². The van der Waals surface area contributed by atoms with Gasteiger partial charge >= 0.3 is 6.03 Å². The highest BCUT2D eigenvalue weighted by atomic mass is 32.2. The molecule has 3 N–H and O–H groups in total. The minimum Gasteiger partial charge on any atom is -0.336 e. The first-order valence-electron chi connectivity index (χ1n) is 10.3. The molecule has 0 aromatic carbocycles. The molecule has 0 aliphatic carbocycles. The summed E-state index contributed by atoms with van der Waals surface area (Å²) >= 11 is 0. The third-order valence-electron chi connectivity index (χ3n) is 4.48. The van der Waals surface area contributed by atoms with Crippen molar-refractivity contribution in [3.63, 3.8) is 0 Å². The maximum Gasteiger partial charge on any atom is 0.321 e. The maximum atomic E-state index is 12.7. The summed E-state index contributed by atoms with van der Waals surface area (Å²) in [5.41, 5.74) is 1.15. The van der Waals surface area contributed by atoms with Gasteiger partial charge in [-0.05, 0) is 44.5 Å². The average molecular weight is 485 g/mol. The molecule has 0 bridgehead atoms. The van der Waals surface area contributed by atoms with E-state index in [0.717, 1.165) is 0 Å². The van der Waals surface area contributed by atoms with E-state index in [1.165, 1.54) is 10.7 Å². The van der Waals surface area contributed by atoms with Crippen LogP contribution in [0.15, 0.2) is 54.3 Å². The highest BCUT2D eigenvalue weighted by Crippen LogP contribution is 2.23. The molecule has 4 heterocycles. The lowest BCUT2D eigenvalue weighted by atomic mass is 10.1. The summed E-state index contributed by atoms with van der Waals surface area (Å²) in [5.74, 6) is 0.128. The van der Waals surface area contributed by atoms with Crippen molar-refractivity contribution < 1.29 is 13.2 Å². The Labute approximate surface area is 195 Å². The predicted molar refractivity (Wildman–Crippen MR) is 123 cm³/mol. The van der Waals surface area contributed by atoms with Crippen LogP contribution >= 0.6 is 0 Å². The molecular weight excluding hydrogens is 460 g/mol. The average Bonchev–Trinajstić information content (AvgIpc) is 3.41. The summed E-state index contributed by atoms with van der Waals surface area (Å²) in [5, 5.41) is 16.9. The molecule has 2 amide bonds. The first-order valence-corrected chi connectivity index (χ1v) is 11.8. The number of nitrogens with one attached hydrogen (secondary N) is 3. The molecule has 34 heavy (non-hydrogen) atoms. The second-order valence-electron chi connectivity index (χ2n) is 8.50. The quantitative estimate of drug-likeness (QED) is 0.353. The van der Waals surface area contributed by atoms with Gasteiger partial charge in [0.05, 0.1) is 0 Å². The van der Waals surface area contributed by atoms with E-state index in [9.17, 15) is 13.2 Å². The van der Waals surface area contributed by atoms with Crippen molar-refractivity contribution in [1.82, 2.24) is 44.4 Å². The van der Waals surface area contributed by atoms with Gasteiger partial charge in [0.1, 0.15) is 17.6 Å². The molecule has 0 spiro atoms. The molecule has 0 atom stereocenters. The fourth-order valence-electron chi connectivity index (χ4n) is 3.08. The van der Waals surface area contributed by atoms with E-state index in [1.807, 2.05) is 0 Å². The van der Waals surface area contributed by atoms with Crippen LogP contribution in [0.25, 0.3) is 16.8 Å². The molecular formula is C20H24N10O3S. The van der Waals surface area contributed by atoms with Crippen molar-refractivity contribution in [2.75, 3.05) is 11.9 Å². The van der Waals surface area contributed by atoms with E-state index >= 15 is 0 Å². The minimum atomic E-state index is -3.73. The van der Waals surface area contributed by atoms with Crippen LogP contribution in [-0.2, 0) is 16.6 Å². The molecule has 4 rings (SSSR count). The Morgan fingerprint density at radius 3 is 2.59 bits per heavy atom. The number of amides is 2. The summed E-state index contributed by atoms with van der Waals surface area (Å²) < 4.78 is 31.2. The zero-order valence-electron chi connectivity index (χ0n) is 18.8. The van der Waals surface area contributed by atoms with E-state index in [2.05, 4.69) is 40.6 Å². The third-order valence-corrected chi connectivity index (χ3v) is 6.21. The lowest BCUT2D eigenvalue weighted by molar-refractivity contribution is 0.251. The summed E-state index contributed by atoms with van der Waals surface area (Å²) in [7, 11) is -3.73. The topological polar surface area (TPSA) is 161 Å². The van der Waals surface area contributed by atoms with Gasteiger partial charge in [-0.3, -0.25) is 10.3 Å². The van der Waals surface area contributed by atoms with Crippen LogP contribution in [-0.4, -0.2) is 60.9 Å². The standard InChI is InChI=1S/C20H24N10O3S/c1-20(2,3)28-34(32,33)16-8-15(10-21-11-16)14-4-6-30-17(9-14)25-18(27-30)26-19(31)22-5-7-29-12-23-24-13-29/h4,6,8-13,28H,5,7H2,1-3H3,(H2,22,26,27,31). The van der Waals surface area contributed by atoms with E-state index in [1.54, 1.807) is 68.6 Å². The SMILES string of the molecule is CC(C)(C)NS(=O)(=O)c1cncc(-c2ccn3nc(NC(=O)NCCn4cnnc4)nc3c2)c1. The van der Waals surface area contributed by atoms with Crippen LogP contribution in [0.3, 0.4) is 0 Å². The van der Waals surface area contributed by atoms with Crippen LogP contribution in [0.5, 0.6) is 0 Å². The Bertz CT molecular complexity index is 1410. The van der Waals surface area contributed by atoms with Crippen molar-refractivity contribution in [1.29, 1.82) is 0 Å². The van der Waals surface area contributed by atoms with Gasteiger partial charge in [-0.25, -0.2) is 22.4 Å². The highest BCUT2D eigenvalue weighted by Gasteiger charge is 2.22. The minimum absolute atomic E-state index is 0.0618. The molecule has 13 nitrogen and oxygen atoms in total. The lowest BCUT2D eigenvalue weighted by Gasteiger charge is -2.20. The van der Waals surface area contributed by atoms with Gasteiger partial charge in [-0.2, -0.15) is 4.98 Å². The summed E-state index contributed by atoms with van der Waals surface area (Å²) in [6.07, 6.45) is 7.66. The Morgan fingerprint density at radius 2 is 1.85 bits per heavy atom. The molecule has 4 aromatic heterocycles. The Hall–Kier alpha value is -3.91. The molecule has 178 valence electrons. The summed E-state index contributed by atoms with van der Waals surface area (Å²) in [4.78, 5) is 20.6. The van der Waals surface area contributed by atoms with Crippen molar-refractivity contribution in [2.24, 2.45) is 0 Å². The number of fused-ring (bicyclic) bond motifs is 1. The van der Waals surface area contributed by atoms with Crippen LogP contribution in [0.2, 0.25) is 0 Å². The van der Waals surface area contributed by atoms with Gasteiger partial charge < -0.3 is 9.88 Å². The van der Waals surface area contributed by atoms with E-state index < -0.39 is 21.6 Å². The first kappa shape index (κ1) is 23.3. The smallest absolute Gasteiger partial charge is 0.321 e. The second kappa shape index (κ2) is 9.15. The number of rotatable bonds is 7. The maximum absolute atomic E-state index is 12.7. The second-order valence-corrected chi connectivity index (χ2v) is 10.2.